The van der Waals surface area contributed by atoms with E-state index in [1.54, 1.807) is 32.1 Å². The molecule has 1 unspecified atom stereocenters. The summed E-state index contributed by atoms with van der Waals surface area (Å²) in [5.74, 6) is -4.03. The number of fused-ring (bicyclic) bond motifs is 2. The highest BCUT2D eigenvalue weighted by Crippen LogP contribution is 2.47. The van der Waals surface area contributed by atoms with Gasteiger partial charge in [-0.1, -0.05) is 43.7 Å². The van der Waals surface area contributed by atoms with Crippen LogP contribution in [0.25, 0.3) is 0 Å². The van der Waals surface area contributed by atoms with E-state index in [1.807, 2.05) is 19.9 Å². The van der Waals surface area contributed by atoms with Crippen LogP contribution in [0.3, 0.4) is 0 Å². The second kappa shape index (κ2) is 15.9. The molecule has 4 N–H and O–H groups in total. The summed E-state index contributed by atoms with van der Waals surface area (Å²) in [5.41, 5.74) is -2.85. The third-order valence-corrected chi connectivity index (χ3v) is 13.9. The number of carbonyl (C=O) groups excluding carboxylic acids is 5. The molecule has 2 heterocycles. The van der Waals surface area contributed by atoms with Crippen molar-refractivity contribution in [3.8, 4) is 0 Å². The Bertz CT molecular complexity index is 1920. The van der Waals surface area contributed by atoms with Gasteiger partial charge in [-0.3, -0.25) is 24.4 Å². The molecule has 1 saturated heterocycles. The molecule has 0 spiro atoms. The molecule has 2 aliphatic heterocycles. The van der Waals surface area contributed by atoms with Gasteiger partial charge in [0.2, 0.25) is 27.4 Å². The largest absolute Gasteiger partial charge is 0.444 e. The van der Waals surface area contributed by atoms with E-state index in [0.29, 0.717) is 51.5 Å². The molecule has 7 atom stereocenters. The van der Waals surface area contributed by atoms with Crippen molar-refractivity contribution in [2.45, 2.75) is 134 Å². The standard InChI is InChI=1S/C38H51ClF3N5O9S/c1-20-10-8-9-11-24-18-37(24,32(50)46-57(53,54)36(7)12-13-36)45-30(48)27-17-25(55-33(51)43-28-22(3)15-21(2)16-26(28)39)19-47(27)31(49)29(23(4)14-20)44-34(52)56-35(5,6)38(40,41)42/h9,11,15-16,20,23-25,27,29H,8,10,12-14,17-19H2,1-7H3,(H,43,51)(H,44,52)(H,45,48)(H,46,50)/b11-9-/t20-,23+,24?,25+,27-,29-,37+/m0/s1. The van der Waals surface area contributed by atoms with E-state index in [2.05, 4.69) is 20.7 Å². The molecule has 2 aliphatic carbocycles. The highest BCUT2D eigenvalue weighted by molar-refractivity contribution is 7.91. The number of aryl methyl sites for hydroxylation is 2. The van der Waals surface area contributed by atoms with Crippen LogP contribution in [-0.4, -0.2) is 90.0 Å². The molecule has 316 valence electrons. The number of alkyl halides is 3. The molecule has 5 rings (SSSR count). The van der Waals surface area contributed by atoms with Gasteiger partial charge in [0.25, 0.3) is 5.91 Å². The summed E-state index contributed by atoms with van der Waals surface area (Å²) in [6.45, 7) is 9.54. The quantitative estimate of drug-likeness (QED) is 0.246. The lowest BCUT2D eigenvalue weighted by Crippen LogP contribution is -2.59. The molecule has 0 bridgehead atoms. The Kier molecular flexibility index (Phi) is 12.3. The summed E-state index contributed by atoms with van der Waals surface area (Å²) >= 11 is 6.37. The van der Waals surface area contributed by atoms with Crippen molar-refractivity contribution in [2.24, 2.45) is 17.8 Å². The Morgan fingerprint density at radius 2 is 1.72 bits per heavy atom. The van der Waals surface area contributed by atoms with Crippen LogP contribution < -0.4 is 20.7 Å². The minimum atomic E-state index is -4.94. The zero-order chi connectivity index (χ0) is 42.5. The minimum absolute atomic E-state index is 0.0601. The second-order valence-electron chi connectivity index (χ2n) is 16.8. The van der Waals surface area contributed by atoms with E-state index in [0.717, 1.165) is 10.5 Å². The van der Waals surface area contributed by atoms with Gasteiger partial charge in [0.15, 0.2) is 0 Å². The Labute approximate surface area is 335 Å². The van der Waals surface area contributed by atoms with Gasteiger partial charge >= 0.3 is 18.4 Å². The number of rotatable bonds is 7. The fraction of sp³-hybridized carbons (Fsp3) is 0.658. The first-order valence-electron chi connectivity index (χ1n) is 19.0. The molecule has 0 radical (unpaired) electrons. The lowest BCUT2D eigenvalue weighted by Gasteiger charge is -2.34. The number of amides is 5. The summed E-state index contributed by atoms with van der Waals surface area (Å²) in [7, 11) is -4.10. The molecule has 2 saturated carbocycles. The number of nitrogens with zero attached hydrogens (tertiary/aromatic N) is 1. The van der Waals surface area contributed by atoms with Crippen LogP contribution in [0, 0.1) is 31.6 Å². The Morgan fingerprint density at radius 1 is 1.05 bits per heavy atom. The fourth-order valence-corrected chi connectivity index (χ4v) is 9.08. The van der Waals surface area contributed by atoms with E-state index in [4.69, 9.17) is 21.1 Å². The zero-order valence-electron chi connectivity index (χ0n) is 33.0. The number of allylic oxidation sites excluding steroid dienone is 1. The van der Waals surface area contributed by atoms with Crippen molar-refractivity contribution < 1.29 is 55.0 Å². The summed E-state index contributed by atoms with van der Waals surface area (Å²) in [6.07, 6.45) is -3.06. The number of nitrogens with one attached hydrogen (secondary N) is 4. The van der Waals surface area contributed by atoms with Crippen molar-refractivity contribution in [3.05, 3.63) is 40.4 Å². The van der Waals surface area contributed by atoms with Gasteiger partial charge in [-0.25, -0.2) is 18.0 Å². The third kappa shape index (κ3) is 9.64. The van der Waals surface area contributed by atoms with Crippen LogP contribution in [0.2, 0.25) is 5.02 Å². The summed E-state index contributed by atoms with van der Waals surface area (Å²) < 4.78 is 78.7. The SMILES string of the molecule is Cc1cc(C)c(NC(=O)O[C@@H]2C[C@H]3C(=O)N[C@]4(C(=O)NS(=O)(=O)C5(C)CC5)CC4/C=C\CC[C@H](C)C[C@@H](C)[C@H](NC(=O)OC(C)(C)C(F)(F)F)C(=O)N3C2)c(Cl)c1. The number of carbonyl (C=O) groups is 5. The van der Waals surface area contributed by atoms with Crippen LogP contribution in [-0.2, 0) is 33.9 Å². The van der Waals surface area contributed by atoms with E-state index in [-0.39, 0.29) is 36.0 Å². The summed E-state index contributed by atoms with van der Waals surface area (Å²) in [6, 6.07) is 0.485. The number of alkyl carbamates (subject to hydrolysis) is 1. The molecule has 4 aliphatic rings. The monoisotopic (exact) mass is 845 g/mol. The van der Waals surface area contributed by atoms with Crippen molar-refractivity contribution in [2.75, 3.05) is 11.9 Å². The number of benzene rings is 1. The van der Waals surface area contributed by atoms with Crippen LogP contribution >= 0.6 is 11.6 Å². The Morgan fingerprint density at radius 3 is 2.33 bits per heavy atom. The first kappa shape index (κ1) is 44.1. The number of anilines is 1. The van der Waals surface area contributed by atoms with Crippen molar-refractivity contribution in [1.82, 2.24) is 20.3 Å². The van der Waals surface area contributed by atoms with Gasteiger partial charge in [0.1, 0.15) is 23.7 Å². The maximum absolute atomic E-state index is 14.6. The maximum atomic E-state index is 14.6. The minimum Gasteiger partial charge on any atom is -0.444 e. The lowest BCUT2D eigenvalue weighted by molar-refractivity contribution is -0.244. The van der Waals surface area contributed by atoms with E-state index in [9.17, 15) is 45.6 Å². The average molecular weight is 846 g/mol. The first-order valence-corrected chi connectivity index (χ1v) is 20.8. The van der Waals surface area contributed by atoms with Crippen molar-refractivity contribution in [3.63, 3.8) is 0 Å². The van der Waals surface area contributed by atoms with Gasteiger partial charge in [0.05, 0.1) is 22.0 Å². The molecule has 3 fully saturated rings. The van der Waals surface area contributed by atoms with Crippen LogP contribution in [0.4, 0.5) is 28.4 Å². The topological polar surface area (TPSA) is 189 Å². The Hall–Kier alpha value is -4.06. The molecule has 1 aromatic rings. The van der Waals surface area contributed by atoms with E-state index in [1.165, 1.54) is 6.92 Å². The summed E-state index contributed by atoms with van der Waals surface area (Å²) in [4.78, 5) is 70.1. The highest BCUT2D eigenvalue weighted by atomic mass is 35.5. The number of ether oxygens (including phenoxy) is 2. The normalized spacial score (nSPS) is 29.6. The van der Waals surface area contributed by atoms with Gasteiger partial charge in [-0.15, -0.1) is 0 Å². The molecular formula is C38H51ClF3N5O9S. The average Bonchev–Trinajstić information content (AvgIpc) is 3.96. The Balaban J connectivity index is 1.47. The number of hydrogen-bond donors (Lipinski definition) is 4. The molecule has 57 heavy (non-hydrogen) atoms. The van der Waals surface area contributed by atoms with Crippen LogP contribution in [0.15, 0.2) is 24.3 Å². The zero-order valence-corrected chi connectivity index (χ0v) is 34.5. The van der Waals surface area contributed by atoms with E-state index >= 15 is 0 Å². The van der Waals surface area contributed by atoms with Gasteiger partial charge < -0.3 is 25.0 Å². The number of hydrogen-bond acceptors (Lipinski definition) is 9. The smallest absolute Gasteiger partial charge is 0.427 e. The van der Waals surface area contributed by atoms with E-state index < -0.39 is 92.0 Å². The number of sulfonamides is 1. The molecule has 1 aromatic carbocycles. The van der Waals surface area contributed by atoms with Crippen molar-refractivity contribution >= 4 is 57.2 Å². The number of halogens is 4. The molecule has 14 nitrogen and oxygen atoms in total. The predicted molar refractivity (Wildman–Crippen MR) is 203 cm³/mol. The van der Waals surface area contributed by atoms with Gasteiger partial charge in [-0.05, 0) is 102 Å². The van der Waals surface area contributed by atoms with Gasteiger partial charge in [-0.2, -0.15) is 13.2 Å². The fourth-order valence-electron chi connectivity index (χ4n) is 7.40. The highest BCUT2D eigenvalue weighted by Gasteiger charge is 2.63. The molecule has 5 amide bonds. The third-order valence-electron chi connectivity index (χ3n) is 11.5. The predicted octanol–water partition coefficient (Wildman–Crippen LogP) is 5.80. The van der Waals surface area contributed by atoms with Crippen LogP contribution in [0.1, 0.15) is 90.7 Å². The van der Waals surface area contributed by atoms with Crippen LogP contribution in [0.5, 0.6) is 0 Å². The maximum Gasteiger partial charge on any atom is 0.427 e. The molecule has 0 aromatic heterocycles. The lowest BCUT2D eigenvalue weighted by atomic mass is 9.88. The molecule has 19 heteroatoms. The van der Waals surface area contributed by atoms with Gasteiger partial charge in [0, 0.05) is 12.3 Å². The second-order valence-corrected chi connectivity index (χ2v) is 19.4. The summed E-state index contributed by atoms with van der Waals surface area (Å²) in [5, 5.41) is 7.86. The van der Waals surface area contributed by atoms with Crippen molar-refractivity contribution in [1.29, 1.82) is 0 Å². The first-order chi connectivity index (χ1) is 26.3. The molecular weight excluding hydrogens is 795 g/mol.